The quantitative estimate of drug-likeness (QED) is 0.674. The lowest BCUT2D eigenvalue weighted by molar-refractivity contribution is 0.163. The van der Waals surface area contributed by atoms with Crippen molar-refractivity contribution >= 4 is 12.4 Å². The Labute approximate surface area is 68.6 Å². The maximum Gasteiger partial charge on any atom is 0.120 e. The van der Waals surface area contributed by atoms with Crippen molar-refractivity contribution in [1.29, 1.82) is 0 Å². The Hall–Kier alpha value is 0.180. The molecule has 0 saturated heterocycles. The number of hydrogen-bond donors (Lipinski definition) is 1. The van der Waals surface area contributed by atoms with Crippen molar-refractivity contribution in [3.8, 4) is 0 Å². The van der Waals surface area contributed by atoms with Gasteiger partial charge in [0.1, 0.15) is 6.17 Å². The van der Waals surface area contributed by atoms with Gasteiger partial charge < -0.3 is 5.73 Å². The van der Waals surface area contributed by atoms with Crippen LogP contribution in [0.5, 0.6) is 0 Å². The minimum absolute atomic E-state index is 0. The summed E-state index contributed by atoms with van der Waals surface area (Å²) in [5.74, 6) is 0.0185. The van der Waals surface area contributed by atoms with Gasteiger partial charge in [-0.3, -0.25) is 0 Å². The number of nitrogens with two attached hydrogens (primary N) is 1. The highest BCUT2D eigenvalue weighted by Gasteiger charge is 2.27. The number of alkyl halides is 1. The van der Waals surface area contributed by atoms with Gasteiger partial charge in [-0.25, -0.2) is 4.39 Å². The topological polar surface area (TPSA) is 26.0 Å². The minimum Gasteiger partial charge on any atom is -0.323 e. The van der Waals surface area contributed by atoms with Gasteiger partial charge in [-0.15, -0.1) is 12.4 Å². The van der Waals surface area contributed by atoms with Gasteiger partial charge in [0.05, 0.1) is 0 Å². The molecule has 0 fully saturated rings. The highest BCUT2D eigenvalue weighted by molar-refractivity contribution is 5.85. The Morgan fingerprint density at radius 3 is 1.60 bits per heavy atom. The normalized spacial score (nSPS) is 14.7. The van der Waals surface area contributed by atoms with Gasteiger partial charge >= 0.3 is 0 Å². The molecule has 1 atom stereocenters. The third-order valence-electron chi connectivity index (χ3n) is 1.30. The summed E-state index contributed by atoms with van der Waals surface area (Å²) in [6, 6.07) is 0. The van der Waals surface area contributed by atoms with Gasteiger partial charge in [-0.1, -0.05) is 13.8 Å². The van der Waals surface area contributed by atoms with Crippen LogP contribution in [0.3, 0.4) is 0 Å². The van der Waals surface area contributed by atoms with E-state index >= 15 is 0 Å². The molecule has 0 heterocycles. The van der Waals surface area contributed by atoms with Crippen LogP contribution in [0.15, 0.2) is 0 Å². The van der Waals surface area contributed by atoms with Gasteiger partial charge in [0.25, 0.3) is 0 Å². The maximum absolute atomic E-state index is 12.9. The summed E-state index contributed by atoms with van der Waals surface area (Å²) >= 11 is 0. The fraction of sp³-hybridized carbons (Fsp3) is 1.00. The first-order valence-corrected chi connectivity index (χ1v) is 3.28. The van der Waals surface area contributed by atoms with Gasteiger partial charge in [0, 0.05) is 5.54 Å². The zero-order valence-corrected chi connectivity index (χ0v) is 7.83. The van der Waals surface area contributed by atoms with E-state index in [-0.39, 0.29) is 18.3 Å². The average Bonchev–Trinajstić information content (AvgIpc) is 1.62. The van der Waals surface area contributed by atoms with Crippen LogP contribution in [0, 0.1) is 5.92 Å². The maximum atomic E-state index is 12.9. The Balaban J connectivity index is 0. The predicted molar refractivity (Wildman–Crippen MR) is 45.2 cm³/mol. The molecule has 10 heavy (non-hydrogen) atoms. The van der Waals surface area contributed by atoms with E-state index < -0.39 is 11.7 Å². The first kappa shape index (κ1) is 12.8. The fourth-order valence-electron chi connectivity index (χ4n) is 0.859. The van der Waals surface area contributed by atoms with Crippen LogP contribution >= 0.6 is 12.4 Å². The average molecular weight is 170 g/mol. The second kappa shape index (κ2) is 4.14. The first-order chi connectivity index (χ1) is 3.85. The summed E-state index contributed by atoms with van der Waals surface area (Å²) in [6.07, 6.45) is -0.905. The van der Waals surface area contributed by atoms with Crippen molar-refractivity contribution in [1.82, 2.24) is 0 Å². The molecule has 0 rings (SSSR count). The summed E-state index contributed by atoms with van der Waals surface area (Å²) in [5.41, 5.74) is 4.82. The molecule has 0 radical (unpaired) electrons. The monoisotopic (exact) mass is 169 g/mol. The van der Waals surface area contributed by atoms with Crippen molar-refractivity contribution in [3.63, 3.8) is 0 Å². The lowest BCUT2D eigenvalue weighted by atomic mass is 9.92. The van der Waals surface area contributed by atoms with E-state index in [0.717, 1.165) is 0 Å². The molecule has 2 N–H and O–H groups in total. The van der Waals surface area contributed by atoms with Crippen LogP contribution in [0.4, 0.5) is 4.39 Å². The second-order valence-electron chi connectivity index (χ2n) is 3.47. The summed E-state index contributed by atoms with van der Waals surface area (Å²) in [5, 5.41) is 0. The van der Waals surface area contributed by atoms with Gasteiger partial charge in [-0.2, -0.15) is 0 Å². The van der Waals surface area contributed by atoms with Crippen LogP contribution in [-0.4, -0.2) is 11.7 Å². The van der Waals surface area contributed by atoms with Crippen molar-refractivity contribution in [2.75, 3.05) is 0 Å². The molecule has 0 bridgehead atoms. The molecule has 0 saturated carbocycles. The van der Waals surface area contributed by atoms with Crippen LogP contribution < -0.4 is 5.73 Å². The number of hydrogen-bond acceptors (Lipinski definition) is 1. The third-order valence-corrected chi connectivity index (χ3v) is 1.30. The van der Waals surface area contributed by atoms with Crippen LogP contribution in [0.1, 0.15) is 27.7 Å². The molecule has 0 amide bonds. The molecule has 3 heteroatoms. The Kier molecular flexibility index (Phi) is 5.31. The molecule has 1 nitrogen and oxygen atoms in total. The van der Waals surface area contributed by atoms with Crippen molar-refractivity contribution in [2.24, 2.45) is 11.7 Å². The van der Waals surface area contributed by atoms with E-state index in [2.05, 4.69) is 0 Å². The smallest absolute Gasteiger partial charge is 0.120 e. The van der Waals surface area contributed by atoms with E-state index in [1.165, 1.54) is 0 Å². The largest absolute Gasteiger partial charge is 0.323 e. The molecule has 0 aliphatic rings. The van der Waals surface area contributed by atoms with Crippen LogP contribution in [-0.2, 0) is 0 Å². The molecular weight excluding hydrogens is 153 g/mol. The first-order valence-electron chi connectivity index (χ1n) is 3.28. The molecular formula is C7H17ClFN. The SMILES string of the molecule is CC(C)C(F)C(C)(C)N.Cl. The number of halogens is 2. The second-order valence-corrected chi connectivity index (χ2v) is 3.47. The lowest BCUT2D eigenvalue weighted by Crippen LogP contribution is -2.45. The highest BCUT2D eigenvalue weighted by atomic mass is 35.5. The number of rotatable bonds is 2. The van der Waals surface area contributed by atoms with E-state index in [9.17, 15) is 4.39 Å². The molecule has 0 aromatic rings. The molecule has 0 aliphatic carbocycles. The van der Waals surface area contributed by atoms with E-state index in [1.807, 2.05) is 13.8 Å². The molecule has 0 aromatic carbocycles. The van der Waals surface area contributed by atoms with Crippen molar-refractivity contribution < 1.29 is 4.39 Å². The highest BCUT2D eigenvalue weighted by Crippen LogP contribution is 2.17. The summed E-state index contributed by atoms with van der Waals surface area (Å²) in [7, 11) is 0. The van der Waals surface area contributed by atoms with Crippen molar-refractivity contribution in [3.05, 3.63) is 0 Å². The molecule has 0 aliphatic heterocycles. The predicted octanol–water partition coefficient (Wildman–Crippen LogP) is 2.14. The van der Waals surface area contributed by atoms with Gasteiger partial charge in [-0.05, 0) is 19.8 Å². The van der Waals surface area contributed by atoms with E-state index in [0.29, 0.717) is 0 Å². The van der Waals surface area contributed by atoms with E-state index in [4.69, 9.17) is 5.73 Å². The van der Waals surface area contributed by atoms with Crippen LogP contribution in [0.2, 0.25) is 0 Å². The molecule has 1 unspecified atom stereocenters. The summed E-state index contributed by atoms with van der Waals surface area (Å²) < 4.78 is 12.9. The standard InChI is InChI=1S/C7H16FN.ClH/c1-5(2)6(8)7(3,4)9;/h5-6H,9H2,1-4H3;1H. The Morgan fingerprint density at radius 2 is 1.60 bits per heavy atom. The van der Waals surface area contributed by atoms with Gasteiger partial charge in [0.2, 0.25) is 0 Å². The Morgan fingerprint density at radius 1 is 1.30 bits per heavy atom. The van der Waals surface area contributed by atoms with Crippen molar-refractivity contribution in [2.45, 2.75) is 39.4 Å². The summed E-state index contributed by atoms with van der Waals surface area (Å²) in [6.45, 7) is 7.08. The van der Waals surface area contributed by atoms with Gasteiger partial charge in [0.15, 0.2) is 0 Å². The molecule has 0 aromatic heterocycles. The molecule has 64 valence electrons. The molecule has 0 spiro atoms. The Bertz CT molecular complexity index is 88.1. The van der Waals surface area contributed by atoms with E-state index in [1.54, 1.807) is 13.8 Å². The third kappa shape index (κ3) is 4.07. The zero-order chi connectivity index (χ0) is 7.65. The van der Waals surface area contributed by atoms with Crippen LogP contribution in [0.25, 0.3) is 0 Å². The zero-order valence-electron chi connectivity index (χ0n) is 7.02. The fourth-order valence-corrected chi connectivity index (χ4v) is 0.859. The minimum atomic E-state index is -0.905. The lowest BCUT2D eigenvalue weighted by Gasteiger charge is -2.26. The summed E-state index contributed by atoms with van der Waals surface area (Å²) in [4.78, 5) is 0.